The van der Waals surface area contributed by atoms with Crippen LogP contribution in [0.25, 0.3) is 0 Å². The van der Waals surface area contributed by atoms with Crippen molar-refractivity contribution in [3.63, 3.8) is 0 Å². The molecule has 0 aromatic heterocycles. The Labute approximate surface area is 194 Å². The second-order valence-electron chi connectivity index (χ2n) is 7.20. The zero-order chi connectivity index (χ0) is 24.8. The minimum absolute atomic E-state index is 0.000509. The molecule has 0 fully saturated rings. The number of benzene rings is 2. The zero-order valence-electron chi connectivity index (χ0n) is 18.7. The number of methoxy groups -OCH3 is 1. The molecule has 2 amide bonds. The van der Waals surface area contributed by atoms with E-state index < -0.39 is 35.5 Å². The predicted octanol–water partition coefficient (Wildman–Crippen LogP) is 2.94. The van der Waals surface area contributed by atoms with Crippen molar-refractivity contribution in [3.8, 4) is 5.75 Å². The number of nitrogens with zero attached hydrogens (tertiary/aromatic N) is 1. The number of nitrogens with one attached hydrogen (secondary N) is 2. The molecule has 0 bridgehead atoms. The van der Waals surface area contributed by atoms with Crippen molar-refractivity contribution in [1.82, 2.24) is 10.6 Å². The summed E-state index contributed by atoms with van der Waals surface area (Å²) in [7, 11) is 1.51. The lowest BCUT2D eigenvalue weighted by Crippen LogP contribution is -2.47. The zero-order valence-corrected chi connectivity index (χ0v) is 18.7. The summed E-state index contributed by atoms with van der Waals surface area (Å²) < 4.78 is 15.6. The van der Waals surface area contributed by atoms with Gasteiger partial charge in [0, 0.05) is 11.6 Å². The van der Waals surface area contributed by atoms with E-state index in [0.717, 1.165) is 0 Å². The molecule has 3 rings (SSSR count). The first kappa shape index (κ1) is 24.2. The summed E-state index contributed by atoms with van der Waals surface area (Å²) in [5.41, 5.74) is 0.601. The predicted molar refractivity (Wildman–Crippen MR) is 119 cm³/mol. The number of nitro benzene ring substituents is 1. The van der Waals surface area contributed by atoms with Crippen molar-refractivity contribution in [1.29, 1.82) is 0 Å². The number of esters is 2. The Hall–Kier alpha value is -4.41. The van der Waals surface area contributed by atoms with Gasteiger partial charge in [0.1, 0.15) is 12.4 Å². The monoisotopic (exact) mass is 469 g/mol. The second-order valence-corrected chi connectivity index (χ2v) is 7.20. The topological polar surface area (TPSA) is 146 Å². The summed E-state index contributed by atoms with van der Waals surface area (Å²) in [5, 5.41) is 16.3. The van der Waals surface area contributed by atoms with Crippen LogP contribution in [0.4, 0.5) is 10.5 Å². The normalized spacial score (nSPS) is 15.1. The lowest BCUT2D eigenvalue weighted by molar-refractivity contribution is -0.385. The van der Waals surface area contributed by atoms with Crippen LogP contribution in [0.15, 0.2) is 53.7 Å². The van der Waals surface area contributed by atoms with E-state index in [1.165, 1.54) is 32.2 Å². The van der Waals surface area contributed by atoms with Gasteiger partial charge in [-0.1, -0.05) is 18.2 Å². The Bertz CT molecular complexity index is 1160. The Morgan fingerprint density at radius 2 is 1.79 bits per heavy atom. The van der Waals surface area contributed by atoms with Crippen LogP contribution in [-0.4, -0.2) is 43.2 Å². The molecular formula is C23H23N3O8. The third kappa shape index (κ3) is 5.14. The van der Waals surface area contributed by atoms with E-state index in [9.17, 15) is 24.5 Å². The van der Waals surface area contributed by atoms with Crippen molar-refractivity contribution in [2.24, 2.45) is 0 Å². The van der Waals surface area contributed by atoms with Crippen molar-refractivity contribution in [2.75, 3.05) is 20.3 Å². The third-order valence-electron chi connectivity index (χ3n) is 5.17. The van der Waals surface area contributed by atoms with Crippen LogP contribution in [0.1, 0.15) is 34.5 Å². The van der Waals surface area contributed by atoms with Gasteiger partial charge in [0.25, 0.3) is 5.69 Å². The summed E-state index contributed by atoms with van der Waals surface area (Å²) in [4.78, 5) is 48.4. The van der Waals surface area contributed by atoms with Gasteiger partial charge < -0.3 is 24.8 Å². The van der Waals surface area contributed by atoms with Crippen LogP contribution in [0.3, 0.4) is 0 Å². The molecule has 34 heavy (non-hydrogen) atoms. The summed E-state index contributed by atoms with van der Waals surface area (Å²) in [6.45, 7) is 2.70. The van der Waals surface area contributed by atoms with Crippen molar-refractivity contribution in [2.45, 2.75) is 19.9 Å². The van der Waals surface area contributed by atoms with Crippen molar-refractivity contribution < 1.29 is 33.5 Å². The molecule has 2 aromatic rings. The molecule has 1 aliphatic rings. The number of carbonyl (C=O) groups excluding carboxylic acids is 3. The Kier molecular flexibility index (Phi) is 7.46. The molecule has 1 atom stereocenters. The molecule has 11 nitrogen and oxygen atoms in total. The van der Waals surface area contributed by atoms with E-state index in [4.69, 9.17) is 14.2 Å². The maximum Gasteiger partial charge on any atom is 0.339 e. The van der Waals surface area contributed by atoms with Gasteiger partial charge in [0.15, 0.2) is 0 Å². The highest BCUT2D eigenvalue weighted by Crippen LogP contribution is 2.29. The standard InChI is InChI=1S/C23H23N3O8/c1-4-33-22(28)19-17(12-34-21(27)16-6-5-7-18(13(16)2)26(30)31)24-23(29)25-20(19)14-8-10-15(32-3)11-9-14/h5-11,20H,4,12H2,1-3H3,(H2,24,25,29). The van der Waals surface area contributed by atoms with Gasteiger partial charge in [-0.2, -0.15) is 0 Å². The number of hydrogen-bond acceptors (Lipinski definition) is 8. The largest absolute Gasteiger partial charge is 0.497 e. The van der Waals surface area contributed by atoms with E-state index in [2.05, 4.69) is 10.6 Å². The van der Waals surface area contributed by atoms with Crippen LogP contribution in [0, 0.1) is 17.0 Å². The van der Waals surface area contributed by atoms with Crippen molar-refractivity contribution >= 4 is 23.7 Å². The highest BCUT2D eigenvalue weighted by Gasteiger charge is 2.34. The second kappa shape index (κ2) is 10.5. The molecule has 0 aliphatic carbocycles. The molecule has 1 heterocycles. The lowest BCUT2D eigenvalue weighted by atomic mass is 9.95. The fourth-order valence-electron chi connectivity index (χ4n) is 3.49. The van der Waals surface area contributed by atoms with E-state index in [1.807, 2.05) is 0 Å². The maximum absolute atomic E-state index is 12.8. The van der Waals surface area contributed by atoms with Gasteiger partial charge in [-0.25, -0.2) is 14.4 Å². The molecule has 0 radical (unpaired) electrons. The number of rotatable bonds is 8. The summed E-state index contributed by atoms with van der Waals surface area (Å²) in [5.74, 6) is -0.953. The van der Waals surface area contributed by atoms with E-state index in [0.29, 0.717) is 11.3 Å². The molecule has 1 aliphatic heterocycles. The number of nitro groups is 1. The molecule has 0 spiro atoms. The smallest absolute Gasteiger partial charge is 0.339 e. The summed E-state index contributed by atoms with van der Waals surface area (Å²) >= 11 is 0. The fraction of sp³-hybridized carbons (Fsp3) is 0.261. The van der Waals surface area contributed by atoms with Crippen LogP contribution in [0.5, 0.6) is 5.75 Å². The summed E-state index contributed by atoms with van der Waals surface area (Å²) in [6, 6.07) is 9.30. The van der Waals surface area contributed by atoms with E-state index >= 15 is 0 Å². The van der Waals surface area contributed by atoms with Gasteiger partial charge in [-0.05, 0) is 37.6 Å². The Morgan fingerprint density at radius 3 is 2.41 bits per heavy atom. The number of ether oxygens (including phenoxy) is 3. The first-order valence-electron chi connectivity index (χ1n) is 10.3. The van der Waals surface area contributed by atoms with Gasteiger partial charge in [0.05, 0.1) is 41.5 Å². The van der Waals surface area contributed by atoms with Crippen LogP contribution in [-0.2, 0) is 14.3 Å². The van der Waals surface area contributed by atoms with Crippen LogP contribution in [0.2, 0.25) is 0 Å². The molecule has 1 unspecified atom stereocenters. The lowest BCUT2D eigenvalue weighted by Gasteiger charge is -2.29. The number of urea groups is 1. The molecule has 178 valence electrons. The highest BCUT2D eigenvalue weighted by atomic mass is 16.6. The third-order valence-corrected chi connectivity index (χ3v) is 5.17. The van der Waals surface area contributed by atoms with Crippen LogP contribution >= 0.6 is 0 Å². The van der Waals surface area contributed by atoms with Gasteiger partial charge in [-0.3, -0.25) is 10.1 Å². The minimum Gasteiger partial charge on any atom is -0.497 e. The highest BCUT2D eigenvalue weighted by molar-refractivity contribution is 5.96. The molecule has 0 saturated carbocycles. The maximum atomic E-state index is 12.8. The van der Waals surface area contributed by atoms with Crippen molar-refractivity contribution in [3.05, 3.63) is 80.5 Å². The molecule has 11 heteroatoms. The van der Waals surface area contributed by atoms with Gasteiger partial charge in [-0.15, -0.1) is 0 Å². The quantitative estimate of drug-likeness (QED) is 0.341. The Morgan fingerprint density at radius 1 is 1.09 bits per heavy atom. The molecule has 2 aromatic carbocycles. The number of hydrogen-bond donors (Lipinski definition) is 2. The molecule has 0 saturated heterocycles. The minimum atomic E-state index is -0.869. The SMILES string of the molecule is CCOC(=O)C1=C(COC(=O)c2cccc([N+](=O)[O-])c2C)NC(=O)NC1c1ccc(OC)cc1. The first-order valence-corrected chi connectivity index (χ1v) is 10.3. The average Bonchev–Trinajstić information content (AvgIpc) is 2.82. The summed E-state index contributed by atoms with van der Waals surface area (Å²) in [6.07, 6.45) is 0. The number of amides is 2. The molecule has 2 N–H and O–H groups in total. The van der Waals surface area contributed by atoms with E-state index in [-0.39, 0.29) is 34.7 Å². The van der Waals surface area contributed by atoms with Gasteiger partial charge in [0.2, 0.25) is 0 Å². The van der Waals surface area contributed by atoms with E-state index in [1.54, 1.807) is 31.2 Å². The average molecular weight is 469 g/mol. The fourth-order valence-corrected chi connectivity index (χ4v) is 3.49. The van der Waals surface area contributed by atoms with Gasteiger partial charge >= 0.3 is 18.0 Å². The Balaban J connectivity index is 1.94. The van der Waals surface area contributed by atoms with Crippen LogP contribution < -0.4 is 15.4 Å². The first-order chi connectivity index (χ1) is 16.3. The number of carbonyl (C=O) groups is 3. The molecular weight excluding hydrogens is 446 g/mol.